The van der Waals surface area contributed by atoms with Gasteiger partial charge in [-0.2, -0.15) is 13.2 Å². The van der Waals surface area contributed by atoms with E-state index in [1.807, 2.05) is 0 Å². The summed E-state index contributed by atoms with van der Waals surface area (Å²) >= 11 is 0. The Balaban J connectivity index is 2.58. The number of alkyl halides is 3. The molecule has 0 saturated heterocycles. The molecule has 0 unspecified atom stereocenters. The average molecular weight is 374 g/mol. The van der Waals surface area contributed by atoms with Gasteiger partial charge in [-0.15, -0.1) is 5.10 Å². The number of para-hydroxylation sites is 1. The topological polar surface area (TPSA) is 88.3 Å². The summed E-state index contributed by atoms with van der Waals surface area (Å²) in [7, 11) is 0. The monoisotopic (exact) mass is 374 g/mol. The standard InChI is InChI=1S/C15H14F4N4O3/c1-2-7-22(8-11(24)25)14(26)12-13(15(17,18)19)23(21-20-12)10-6-4-3-5-9(10)16/h3-6H,2,7-8H2,1H3,(H,24,25). The average Bonchev–Trinajstić information content (AvgIpc) is 2.99. The van der Waals surface area contributed by atoms with E-state index in [-0.39, 0.29) is 11.2 Å². The second-order valence-electron chi connectivity index (χ2n) is 5.27. The van der Waals surface area contributed by atoms with E-state index in [1.165, 1.54) is 12.1 Å². The van der Waals surface area contributed by atoms with Gasteiger partial charge in [0.15, 0.2) is 11.4 Å². The molecule has 0 saturated carbocycles. The number of halogens is 4. The van der Waals surface area contributed by atoms with Gasteiger partial charge < -0.3 is 10.0 Å². The lowest BCUT2D eigenvalue weighted by Crippen LogP contribution is -2.37. The molecule has 0 spiro atoms. The van der Waals surface area contributed by atoms with E-state index in [9.17, 15) is 27.2 Å². The van der Waals surface area contributed by atoms with Crippen molar-refractivity contribution >= 4 is 11.9 Å². The lowest BCUT2D eigenvalue weighted by Gasteiger charge is -2.19. The summed E-state index contributed by atoms with van der Waals surface area (Å²) < 4.78 is 54.6. The molecule has 0 atom stereocenters. The fourth-order valence-electron chi connectivity index (χ4n) is 2.31. The van der Waals surface area contributed by atoms with Crippen LogP contribution in [0.25, 0.3) is 5.69 Å². The van der Waals surface area contributed by atoms with Crippen molar-refractivity contribution in [1.82, 2.24) is 19.9 Å². The van der Waals surface area contributed by atoms with Crippen molar-refractivity contribution < 1.29 is 32.3 Å². The van der Waals surface area contributed by atoms with Crippen molar-refractivity contribution in [1.29, 1.82) is 0 Å². The highest BCUT2D eigenvalue weighted by Gasteiger charge is 2.43. The van der Waals surface area contributed by atoms with Crippen LogP contribution in [0.5, 0.6) is 0 Å². The number of hydrogen-bond acceptors (Lipinski definition) is 4. The van der Waals surface area contributed by atoms with Gasteiger partial charge in [0, 0.05) is 6.54 Å². The van der Waals surface area contributed by atoms with Gasteiger partial charge in [0.05, 0.1) is 0 Å². The molecule has 2 aromatic rings. The summed E-state index contributed by atoms with van der Waals surface area (Å²) in [6.45, 7) is 0.745. The molecule has 26 heavy (non-hydrogen) atoms. The Kier molecular flexibility index (Phi) is 5.58. The molecule has 11 heteroatoms. The second-order valence-corrected chi connectivity index (χ2v) is 5.27. The third kappa shape index (κ3) is 3.98. The Morgan fingerprint density at radius 2 is 1.92 bits per heavy atom. The molecule has 0 radical (unpaired) electrons. The Labute approximate surface area is 144 Å². The van der Waals surface area contributed by atoms with Crippen LogP contribution in [0.3, 0.4) is 0 Å². The van der Waals surface area contributed by atoms with Crippen LogP contribution in [0.1, 0.15) is 29.5 Å². The van der Waals surface area contributed by atoms with Gasteiger partial charge in [-0.1, -0.05) is 24.3 Å². The summed E-state index contributed by atoms with van der Waals surface area (Å²) in [6, 6.07) is 4.57. The smallest absolute Gasteiger partial charge is 0.435 e. The van der Waals surface area contributed by atoms with Crippen molar-refractivity contribution in [3.63, 3.8) is 0 Å². The molecule has 2 rings (SSSR count). The quantitative estimate of drug-likeness (QED) is 0.785. The molecule has 1 N–H and O–H groups in total. The number of carbonyl (C=O) groups is 2. The molecule has 1 aromatic carbocycles. The number of aliphatic carboxylic acids is 1. The maximum Gasteiger partial charge on any atom is 0.435 e. The maximum absolute atomic E-state index is 13.9. The summed E-state index contributed by atoms with van der Waals surface area (Å²) in [5.74, 6) is -3.62. The van der Waals surface area contributed by atoms with Gasteiger partial charge >= 0.3 is 12.1 Å². The number of hydrogen-bond donors (Lipinski definition) is 1. The molecule has 0 aliphatic heterocycles. The van der Waals surface area contributed by atoms with E-state index < -0.39 is 47.5 Å². The van der Waals surface area contributed by atoms with Crippen molar-refractivity contribution in [3.05, 3.63) is 41.5 Å². The molecule has 0 bridgehead atoms. The van der Waals surface area contributed by atoms with E-state index in [0.717, 1.165) is 12.1 Å². The molecule has 0 aliphatic carbocycles. The highest BCUT2D eigenvalue weighted by Crippen LogP contribution is 2.33. The Bertz CT molecular complexity index is 819. The summed E-state index contributed by atoms with van der Waals surface area (Å²) in [6.07, 6.45) is -4.75. The largest absolute Gasteiger partial charge is 0.480 e. The van der Waals surface area contributed by atoms with Crippen LogP contribution in [0.2, 0.25) is 0 Å². The van der Waals surface area contributed by atoms with Crippen molar-refractivity contribution in [2.24, 2.45) is 0 Å². The molecular formula is C15H14F4N4O3. The first kappa shape index (κ1) is 19.3. The fraction of sp³-hybridized carbons (Fsp3) is 0.333. The number of benzene rings is 1. The first-order chi connectivity index (χ1) is 12.2. The van der Waals surface area contributed by atoms with Crippen LogP contribution in [-0.4, -0.2) is 50.0 Å². The summed E-state index contributed by atoms with van der Waals surface area (Å²) in [5, 5.41) is 15.4. The first-order valence-electron chi connectivity index (χ1n) is 7.45. The van der Waals surface area contributed by atoms with E-state index in [1.54, 1.807) is 6.92 Å². The number of nitrogens with zero attached hydrogens (tertiary/aromatic N) is 4. The number of rotatable bonds is 6. The molecular weight excluding hydrogens is 360 g/mol. The zero-order valence-electron chi connectivity index (χ0n) is 13.5. The molecule has 140 valence electrons. The van der Waals surface area contributed by atoms with Crippen LogP contribution >= 0.6 is 0 Å². The van der Waals surface area contributed by atoms with Crippen molar-refractivity contribution in [2.75, 3.05) is 13.1 Å². The van der Waals surface area contributed by atoms with E-state index in [4.69, 9.17) is 5.11 Å². The van der Waals surface area contributed by atoms with Crippen LogP contribution in [-0.2, 0) is 11.0 Å². The van der Waals surface area contributed by atoms with Crippen molar-refractivity contribution in [2.45, 2.75) is 19.5 Å². The van der Waals surface area contributed by atoms with E-state index in [0.29, 0.717) is 11.3 Å². The molecule has 0 aliphatic rings. The first-order valence-corrected chi connectivity index (χ1v) is 7.45. The van der Waals surface area contributed by atoms with Crippen LogP contribution in [0.4, 0.5) is 17.6 Å². The Morgan fingerprint density at radius 1 is 1.27 bits per heavy atom. The van der Waals surface area contributed by atoms with E-state index >= 15 is 0 Å². The third-order valence-corrected chi connectivity index (χ3v) is 3.33. The number of carboxylic acid groups (broad SMARTS) is 1. The lowest BCUT2D eigenvalue weighted by atomic mass is 10.2. The minimum Gasteiger partial charge on any atom is -0.480 e. The van der Waals surface area contributed by atoms with Gasteiger partial charge in [0.25, 0.3) is 5.91 Å². The number of amides is 1. The van der Waals surface area contributed by atoms with Gasteiger partial charge in [0.2, 0.25) is 0 Å². The SMILES string of the molecule is CCCN(CC(=O)O)C(=O)c1nnn(-c2ccccc2F)c1C(F)(F)F. The van der Waals surface area contributed by atoms with Crippen molar-refractivity contribution in [3.8, 4) is 5.69 Å². The van der Waals surface area contributed by atoms with Crippen LogP contribution < -0.4 is 0 Å². The van der Waals surface area contributed by atoms with Crippen LogP contribution in [0, 0.1) is 5.82 Å². The lowest BCUT2D eigenvalue weighted by molar-refractivity contribution is -0.143. The highest BCUT2D eigenvalue weighted by atomic mass is 19.4. The predicted octanol–water partition coefficient (Wildman–Crippen LogP) is 2.36. The van der Waals surface area contributed by atoms with Gasteiger partial charge in [-0.05, 0) is 18.6 Å². The maximum atomic E-state index is 13.9. The highest BCUT2D eigenvalue weighted by molar-refractivity contribution is 5.95. The molecule has 1 heterocycles. The normalized spacial score (nSPS) is 11.4. The number of carboxylic acids is 1. The van der Waals surface area contributed by atoms with E-state index in [2.05, 4.69) is 10.3 Å². The van der Waals surface area contributed by atoms with Gasteiger partial charge in [-0.3, -0.25) is 9.59 Å². The molecule has 0 fully saturated rings. The zero-order chi connectivity index (χ0) is 19.5. The molecule has 7 nitrogen and oxygen atoms in total. The van der Waals surface area contributed by atoms with Gasteiger partial charge in [0.1, 0.15) is 18.0 Å². The summed E-state index contributed by atoms with van der Waals surface area (Å²) in [5.41, 5.74) is -3.19. The number of aromatic nitrogens is 3. The van der Waals surface area contributed by atoms with Crippen LogP contribution in [0.15, 0.2) is 24.3 Å². The number of carbonyl (C=O) groups excluding carboxylic acids is 1. The minimum atomic E-state index is -5.07. The predicted molar refractivity (Wildman–Crippen MR) is 80.1 cm³/mol. The molecule has 1 amide bonds. The Morgan fingerprint density at radius 3 is 2.46 bits per heavy atom. The third-order valence-electron chi connectivity index (χ3n) is 3.33. The molecule has 1 aromatic heterocycles. The Hall–Kier alpha value is -2.98. The minimum absolute atomic E-state index is 0.0883. The fourth-order valence-corrected chi connectivity index (χ4v) is 2.31. The zero-order valence-corrected chi connectivity index (χ0v) is 13.5. The second kappa shape index (κ2) is 7.50. The summed E-state index contributed by atoms with van der Waals surface area (Å²) in [4.78, 5) is 24.0. The van der Waals surface area contributed by atoms with Gasteiger partial charge in [-0.25, -0.2) is 9.07 Å².